The number of piperidine rings is 1. The number of carbonyl (C=O) groups is 1. The van der Waals surface area contributed by atoms with Crippen LogP contribution in [0.5, 0.6) is 0 Å². The van der Waals surface area contributed by atoms with Crippen molar-refractivity contribution in [2.45, 2.75) is 25.2 Å². The second kappa shape index (κ2) is 6.30. The Labute approximate surface area is 152 Å². The van der Waals surface area contributed by atoms with E-state index in [2.05, 4.69) is 11.1 Å². The molecule has 1 aliphatic heterocycles. The highest BCUT2D eigenvalue weighted by atomic mass is 16.2. The van der Waals surface area contributed by atoms with Crippen molar-refractivity contribution in [1.29, 1.82) is 5.26 Å². The lowest BCUT2D eigenvalue weighted by atomic mass is 9.74. The first kappa shape index (κ1) is 16.3. The molecule has 0 spiro atoms. The molecule has 0 saturated carbocycles. The van der Waals surface area contributed by atoms with Gasteiger partial charge in [-0.05, 0) is 37.5 Å². The number of likely N-dealkylation sites (tertiary alicyclic amines) is 1. The quantitative estimate of drug-likeness (QED) is 0.716. The summed E-state index contributed by atoms with van der Waals surface area (Å²) in [6.45, 7) is 3.05. The largest absolute Gasteiger partial charge is 0.337 e. The van der Waals surface area contributed by atoms with Gasteiger partial charge in [-0.15, -0.1) is 0 Å². The van der Waals surface area contributed by atoms with Gasteiger partial charge < -0.3 is 9.30 Å². The molecule has 0 aliphatic carbocycles. The minimum Gasteiger partial charge on any atom is -0.337 e. The zero-order valence-corrected chi connectivity index (χ0v) is 14.7. The van der Waals surface area contributed by atoms with E-state index in [9.17, 15) is 10.1 Å². The number of hydrogen-bond acceptors (Lipinski definition) is 3. The highest BCUT2D eigenvalue weighted by Crippen LogP contribution is 2.35. The zero-order valence-electron chi connectivity index (χ0n) is 14.7. The number of aryl methyl sites for hydroxylation is 1. The van der Waals surface area contributed by atoms with Crippen LogP contribution in [0.4, 0.5) is 0 Å². The monoisotopic (exact) mass is 344 g/mol. The predicted molar refractivity (Wildman–Crippen MR) is 98.8 cm³/mol. The molecular weight excluding hydrogens is 324 g/mol. The SMILES string of the molecule is Cc1c(C(=O)N2CCC(C#N)(c3ccccc3)CC2)nc2ccccn12. The summed E-state index contributed by atoms with van der Waals surface area (Å²) in [5.41, 5.74) is 2.66. The van der Waals surface area contributed by atoms with Gasteiger partial charge in [0, 0.05) is 19.3 Å². The van der Waals surface area contributed by atoms with E-state index in [0.29, 0.717) is 31.6 Å². The maximum absolute atomic E-state index is 13.0. The molecule has 130 valence electrons. The fourth-order valence-electron chi connectivity index (χ4n) is 3.78. The van der Waals surface area contributed by atoms with E-state index in [1.165, 1.54) is 0 Å². The second-order valence-electron chi connectivity index (χ2n) is 6.83. The molecule has 2 aromatic heterocycles. The van der Waals surface area contributed by atoms with Gasteiger partial charge in [-0.3, -0.25) is 4.79 Å². The zero-order chi connectivity index (χ0) is 18.1. The average Bonchev–Trinajstić information content (AvgIpc) is 3.05. The molecule has 4 rings (SSSR count). The fraction of sp³-hybridized carbons (Fsp3) is 0.286. The minimum absolute atomic E-state index is 0.0502. The molecule has 1 aliphatic rings. The molecule has 26 heavy (non-hydrogen) atoms. The second-order valence-corrected chi connectivity index (χ2v) is 6.83. The molecule has 3 aromatic rings. The Morgan fingerprint density at radius 3 is 2.46 bits per heavy atom. The molecule has 1 aromatic carbocycles. The molecule has 0 unspecified atom stereocenters. The van der Waals surface area contributed by atoms with Gasteiger partial charge in [-0.25, -0.2) is 4.98 Å². The summed E-state index contributed by atoms with van der Waals surface area (Å²) < 4.78 is 1.93. The number of nitrogens with zero attached hydrogens (tertiary/aromatic N) is 4. The van der Waals surface area contributed by atoms with Gasteiger partial charge in [-0.1, -0.05) is 36.4 Å². The number of rotatable bonds is 2. The number of carbonyl (C=O) groups excluding carboxylic acids is 1. The summed E-state index contributed by atoms with van der Waals surface area (Å²) in [7, 11) is 0. The van der Waals surface area contributed by atoms with E-state index in [1.54, 1.807) is 0 Å². The van der Waals surface area contributed by atoms with Crippen LogP contribution in [0, 0.1) is 18.3 Å². The van der Waals surface area contributed by atoms with E-state index >= 15 is 0 Å². The van der Waals surface area contributed by atoms with Crippen molar-refractivity contribution in [3.05, 3.63) is 71.7 Å². The third-order valence-electron chi connectivity index (χ3n) is 5.42. The Morgan fingerprint density at radius 1 is 1.12 bits per heavy atom. The van der Waals surface area contributed by atoms with E-state index < -0.39 is 5.41 Å². The standard InChI is InChI=1S/C21H20N4O/c1-16-19(23-18-9-5-6-12-25(16)18)20(26)24-13-10-21(15-22,11-14-24)17-7-3-2-4-8-17/h2-9,12H,10-11,13-14H2,1H3. The van der Waals surface area contributed by atoms with E-state index in [1.807, 2.05) is 71.0 Å². The van der Waals surface area contributed by atoms with Gasteiger partial charge in [0.25, 0.3) is 5.91 Å². The molecule has 0 atom stereocenters. The van der Waals surface area contributed by atoms with Gasteiger partial charge >= 0.3 is 0 Å². The van der Waals surface area contributed by atoms with Crippen LogP contribution in [-0.4, -0.2) is 33.3 Å². The number of aromatic nitrogens is 2. The minimum atomic E-state index is -0.508. The highest BCUT2D eigenvalue weighted by Gasteiger charge is 2.38. The maximum atomic E-state index is 13.0. The molecule has 0 N–H and O–H groups in total. The maximum Gasteiger partial charge on any atom is 0.274 e. The molecule has 5 heteroatoms. The molecule has 3 heterocycles. The number of pyridine rings is 1. The van der Waals surface area contributed by atoms with Crippen molar-refractivity contribution in [2.24, 2.45) is 0 Å². The van der Waals surface area contributed by atoms with Gasteiger partial charge in [0.1, 0.15) is 11.3 Å². The van der Waals surface area contributed by atoms with Gasteiger partial charge in [-0.2, -0.15) is 5.26 Å². The van der Waals surface area contributed by atoms with Crippen molar-refractivity contribution in [2.75, 3.05) is 13.1 Å². The molecule has 5 nitrogen and oxygen atoms in total. The van der Waals surface area contributed by atoms with Crippen LogP contribution in [0.15, 0.2) is 54.7 Å². The Morgan fingerprint density at radius 2 is 1.81 bits per heavy atom. The van der Waals surface area contributed by atoms with Crippen molar-refractivity contribution < 1.29 is 4.79 Å². The predicted octanol–water partition coefficient (Wildman–Crippen LogP) is 3.34. The molecular formula is C21H20N4O. The van der Waals surface area contributed by atoms with Crippen LogP contribution in [0.2, 0.25) is 0 Å². The van der Waals surface area contributed by atoms with E-state index in [-0.39, 0.29) is 5.91 Å². The van der Waals surface area contributed by atoms with Crippen LogP contribution >= 0.6 is 0 Å². The lowest BCUT2D eigenvalue weighted by molar-refractivity contribution is 0.0686. The first-order valence-corrected chi connectivity index (χ1v) is 8.84. The topological polar surface area (TPSA) is 61.4 Å². The van der Waals surface area contributed by atoms with E-state index in [0.717, 1.165) is 16.9 Å². The van der Waals surface area contributed by atoms with Crippen LogP contribution in [0.25, 0.3) is 5.65 Å². The first-order chi connectivity index (χ1) is 12.6. The van der Waals surface area contributed by atoms with Crippen LogP contribution in [0.3, 0.4) is 0 Å². The Hall–Kier alpha value is -3.13. The third kappa shape index (κ3) is 2.55. The van der Waals surface area contributed by atoms with Crippen molar-refractivity contribution in [1.82, 2.24) is 14.3 Å². The molecule has 1 saturated heterocycles. The smallest absolute Gasteiger partial charge is 0.274 e. The number of fused-ring (bicyclic) bond motifs is 1. The van der Waals surface area contributed by atoms with Crippen molar-refractivity contribution in [3.63, 3.8) is 0 Å². The fourth-order valence-corrected chi connectivity index (χ4v) is 3.78. The third-order valence-corrected chi connectivity index (χ3v) is 5.42. The van der Waals surface area contributed by atoms with Crippen LogP contribution < -0.4 is 0 Å². The summed E-state index contributed by atoms with van der Waals surface area (Å²) in [6.07, 6.45) is 3.21. The Kier molecular flexibility index (Phi) is 3.96. The van der Waals surface area contributed by atoms with Gasteiger partial charge in [0.15, 0.2) is 0 Å². The summed E-state index contributed by atoms with van der Waals surface area (Å²) in [5.74, 6) is -0.0502. The normalized spacial score (nSPS) is 16.4. The molecule has 0 radical (unpaired) electrons. The molecule has 1 amide bonds. The summed E-state index contributed by atoms with van der Waals surface area (Å²) >= 11 is 0. The van der Waals surface area contributed by atoms with E-state index in [4.69, 9.17) is 0 Å². The molecule has 0 bridgehead atoms. The number of imidazole rings is 1. The lowest BCUT2D eigenvalue weighted by Crippen LogP contribution is -2.44. The van der Waals surface area contributed by atoms with Crippen LogP contribution in [0.1, 0.15) is 34.6 Å². The highest BCUT2D eigenvalue weighted by molar-refractivity contribution is 5.94. The average molecular weight is 344 g/mol. The van der Waals surface area contributed by atoms with Crippen LogP contribution in [-0.2, 0) is 5.41 Å². The molecule has 1 fully saturated rings. The Bertz CT molecular complexity index is 992. The summed E-state index contributed by atoms with van der Waals surface area (Å²) in [4.78, 5) is 19.3. The number of hydrogen-bond donors (Lipinski definition) is 0. The number of amides is 1. The number of benzene rings is 1. The Balaban J connectivity index is 1.57. The van der Waals surface area contributed by atoms with Gasteiger partial charge in [0.2, 0.25) is 0 Å². The number of nitriles is 1. The van der Waals surface area contributed by atoms with Crippen molar-refractivity contribution in [3.8, 4) is 6.07 Å². The lowest BCUT2D eigenvalue weighted by Gasteiger charge is -2.37. The first-order valence-electron chi connectivity index (χ1n) is 8.84. The summed E-state index contributed by atoms with van der Waals surface area (Å²) in [5, 5.41) is 9.81. The van der Waals surface area contributed by atoms with Gasteiger partial charge in [0.05, 0.1) is 17.2 Å². The summed E-state index contributed by atoms with van der Waals surface area (Å²) in [6, 6.07) is 18.2. The van der Waals surface area contributed by atoms with Crippen molar-refractivity contribution >= 4 is 11.6 Å².